The first-order valence-electron chi connectivity index (χ1n) is 11.0. The van der Waals surface area contributed by atoms with E-state index >= 15 is 0 Å². The second kappa shape index (κ2) is 14.4. The number of aryl methyl sites for hydroxylation is 1. The van der Waals surface area contributed by atoms with E-state index < -0.39 is 50.1 Å². The van der Waals surface area contributed by atoms with Gasteiger partial charge in [0.15, 0.2) is 0 Å². The number of aromatic nitrogens is 2. The summed E-state index contributed by atoms with van der Waals surface area (Å²) in [4.78, 5) is 52.5. The maximum Gasteiger partial charge on any atom is 0.469 e. The van der Waals surface area contributed by atoms with Crippen LogP contribution in [0.3, 0.4) is 0 Å². The molecule has 1 fully saturated rings. The molecule has 1 aromatic rings. The van der Waals surface area contributed by atoms with Crippen molar-refractivity contribution in [3.8, 4) is 0 Å². The lowest BCUT2D eigenvalue weighted by molar-refractivity contribution is -0.137. The lowest BCUT2D eigenvalue weighted by Crippen LogP contribution is -2.33. The van der Waals surface area contributed by atoms with Gasteiger partial charge in [-0.2, -0.15) is 0 Å². The van der Waals surface area contributed by atoms with Crippen LogP contribution in [0.2, 0.25) is 0 Å². The fourth-order valence-corrected chi connectivity index (χ4v) is 3.58. The Balaban J connectivity index is 0.000000389. The van der Waals surface area contributed by atoms with E-state index in [2.05, 4.69) is 16.4 Å². The highest BCUT2D eigenvalue weighted by atomic mass is 31.2. The molecule has 0 aromatic carbocycles. The van der Waals surface area contributed by atoms with E-state index in [1.807, 2.05) is 0 Å². The standard InChI is InChI=1S/C10H15N2O8P.C10H20O2/c1-5-3-12(10(15)11-9(5)14)8-2-6(13)7(20-8)4-19-21(16,17)18;1-2-3-4-5-6-7-8-9-10(11)12/h3,6-8,13H,2,4H2,1H3,(H,11,14,15)(H2,16,17,18);2-9H2,1H3,(H,11,12)/t6-,7+,8+;/m0./s1. The zero-order valence-electron chi connectivity index (χ0n) is 19.0. The first-order chi connectivity index (χ1) is 15.4. The third-order valence-corrected chi connectivity index (χ3v) is 5.55. The van der Waals surface area contributed by atoms with Gasteiger partial charge in [-0.3, -0.25) is 23.7 Å². The monoisotopic (exact) mass is 494 g/mol. The molecule has 33 heavy (non-hydrogen) atoms. The first-order valence-corrected chi connectivity index (χ1v) is 12.5. The van der Waals surface area contributed by atoms with Crippen molar-refractivity contribution in [2.24, 2.45) is 0 Å². The van der Waals surface area contributed by atoms with Crippen molar-refractivity contribution in [3.63, 3.8) is 0 Å². The van der Waals surface area contributed by atoms with E-state index in [-0.39, 0.29) is 6.42 Å². The van der Waals surface area contributed by atoms with Crippen LogP contribution in [-0.2, 0) is 18.6 Å². The van der Waals surface area contributed by atoms with E-state index in [0.717, 1.165) is 17.4 Å². The molecular formula is C20H35N2O10P. The molecule has 1 aromatic heterocycles. The molecule has 0 saturated carbocycles. The normalized spacial score (nSPS) is 20.3. The van der Waals surface area contributed by atoms with Crippen LogP contribution in [0.4, 0.5) is 0 Å². The third-order valence-electron chi connectivity index (χ3n) is 5.06. The largest absolute Gasteiger partial charge is 0.481 e. The molecule has 1 aliphatic rings. The van der Waals surface area contributed by atoms with Gasteiger partial charge in [-0.15, -0.1) is 0 Å². The Labute approximate surface area is 191 Å². The van der Waals surface area contributed by atoms with Crippen molar-refractivity contribution >= 4 is 13.8 Å². The summed E-state index contributed by atoms with van der Waals surface area (Å²) in [6.07, 6.45) is 7.07. The van der Waals surface area contributed by atoms with Gasteiger partial charge in [0, 0.05) is 24.6 Å². The molecule has 1 aliphatic heterocycles. The number of hydrogen-bond donors (Lipinski definition) is 5. The fraction of sp³-hybridized carbons (Fsp3) is 0.750. The summed E-state index contributed by atoms with van der Waals surface area (Å²) in [5.74, 6) is -0.663. The van der Waals surface area contributed by atoms with E-state index in [4.69, 9.17) is 19.6 Å². The number of nitrogens with zero attached hydrogens (tertiary/aromatic N) is 1. The molecule has 0 amide bonds. The zero-order valence-corrected chi connectivity index (χ0v) is 19.9. The Morgan fingerprint density at radius 3 is 2.39 bits per heavy atom. The van der Waals surface area contributed by atoms with Gasteiger partial charge < -0.3 is 24.7 Å². The number of aliphatic hydroxyl groups excluding tert-OH is 1. The number of phosphoric acid groups is 1. The lowest BCUT2D eigenvalue weighted by Gasteiger charge is -2.16. The molecular weight excluding hydrogens is 459 g/mol. The van der Waals surface area contributed by atoms with Crippen molar-refractivity contribution in [1.82, 2.24) is 9.55 Å². The smallest absolute Gasteiger partial charge is 0.469 e. The molecule has 13 heteroatoms. The average Bonchev–Trinajstić information content (AvgIpc) is 3.08. The van der Waals surface area contributed by atoms with Crippen molar-refractivity contribution < 1.29 is 38.6 Å². The number of ether oxygens (including phenoxy) is 1. The number of carboxylic acid groups (broad SMARTS) is 1. The van der Waals surface area contributed by atoms with Crippen LogP contribution in [0.25, 0.3) is 0 Å². The van der Waals surface area contributed by atoms with Crippen LogP contribution >= 0.6 is 7.82 Å². The minimum atomic E-state index is -4.67. The Hall–Kier alpha value is -1.82. The Morgan fingerprint density at radius 2 is 1.82 bits per heavy atom. The SMILES string of the molecule is CCCCCCCCCC(=O)O.Cc1cn([C@H]2C[C@H](O)[C@@H](COP(=O)(O)O)O2)c(=O)[nH]c1=O. The number of carboxylic acids is 1. The van der Waals surface area contributed by atoms with E-state index in [1.54, 1.807) is 0 Å². The van der Waals surface area contributed by atoms with E-state index in [0.29, 0.717) is 12.0 Å². The number of carbonyl (C=O) groups is 1. The maximum atomic E-state index is 11.7. The Morgan fingerprint density at radius 1 is 1.21 bits per heavy atom. The van der Waals surface area contributed by atoms with Crippen LogP contribution in [0.5, 0.6) is 0 Å². The summed E-state index contributed by atoms with van der Waals surface area (Å²) < 4.78 is 21.4. The van der Waals surface area contributed by atoms with Crippen LogP contribution in [0.1, 0.15) is 76.5 Å². The van der Waals surface area contributed by atoms with Gasteiger partial charge >= 0.3 is 19.5 Å². The lowest BCUT2D eigenvalue weighted by atomic mass is 10.1. The zero-order chi connectivity index (χ0) is 25.0. The van der Waals surface area contributed by atoms with Crippen molar-refractivity contribution in [2.45, 2.75) is 90.1 Å². The topological polar surface area (TPSA) is 188 Å². The van der Waals surface area contributed by atoms with Gasteiger partial charge in [0.1, 0.15) is 12.3 Å². The summed E-state index contributed by atoms with van der Waals surface area (Å²) >= 11 is 0. The number of hydrogen-bond acceptors (Lipinski definition) is 7. The minimum Gasteiger partial charge on any atom is -0.481 e. The number of unbranched alkanes of at least 4 members (excludes halogenated alkanes) is 6. The summed E-state index contributed by atoms with van der Waals surface area (Å²) in [6, 6.07) is 0. The number of H-pyrrole nitrogens is 1. The highest BCUT2D eigenvalue weighted by Gasteiger charge is 2.37. The Kier molecular flexibility index (Phi) is 12.8. The van der Waals surface area contributed by atoms with Crippen LogP contribution in [-0.4, -0.2) is 54.3 Å². The quantitative estimate of drug-likeness (QED) is 0.212. The third kappa shape index (κ3) is 11.7. The summed E-state index contributed by atoms with van der Waals surface area (Å²) in [7, 11) is -4.67. The number of rotatable bonds is 12. The van der Waals surface area contributed by atoms with Crippen LogP contribution in [0, 0.1) is 6.92 Å². The van der Waals surface area contributed by atoms with Gasteiger partial charge in [0.25, 0.3) is 5.56 Å². The van der Waals surface area contributed by atoms with E-state index in [9.17, 15) is 24.1 Å². The molecule has 0 unspecified atom stereocenters. The molecule has 3 atom stereocenters. The molecule has 2 heterocycles. The fourth-order valence-electron chi connectivity index (χ4n) is 3.24. The highest BCUT2D eigenvalue weighted by molar-refractivity contribution is 7.46. The Bertz CT molecular complexity index is 894. The number of nitrogens with one attached hydrogen (secondary N) is 1. The second-order valence-electron chi connectivity index (χ2n) is 7.96. The van der Waals surface area contributed by atoms with Gasteiger partial charge in [-0.1, -0.05) is 45.4 Å². The molecule has 12 nitrogen and oxygen atoms in total. The predicted molar refractivity (Wildman–Crippen MR) is 119 cm³/mol. The van der Waals surface area contributed by atoms with Gasteiger partial charge in [-0.05, 0) is 13.3 Å². The number of aliphatic carboxylic acids is 1. The van der Waals surface area contributed by atoms with Crippen molar-refractivity contribution in [1.29, 1.82) is 0 Å². The maximum absolute atomic E-state index is 11.7. The van der Waals surface area contributed by atoms with Crippen molar-refractivity contribution in [3.05, 3.63) is 32.6 Å². The van der Waals surface area contributed by atoms with E-state index in [1.165, 1.54) is 45.2 Å². The van der Waals surface area contributed by atoms with Crippen molar-refractivity contribution in [2.75, 3.05) is 6.61 Å². The van der Waals surface area contributed by atoms with Crippen LogP contribution in [0.15, 0.2) is 15.8 Å². The number of phosphoric ester groups is 1. The molecule has 190 valence electrons. The molecule has 1 saturated heterocycles. The minimum absolute atomic E-state index is 0.0283. The number of aromatic amines is 1. The summed E-state index contributed by atoms with van der Waals surface area (Å²) in [5.41, 5.74) is -0.918. The first kappa shape index (κ1) is 29.2. The van der Waals surface area contributed by atoms with Gasteiger partial charge in [0.2, 0.25) is 0 Å². The van der Waals surface area contributed by atoms with Gasteiger partial charge in [0.05, 0.1) is 12.7 Å². The van der Waals surface area contributed by atoms with Crippen LogP contribution < -0.4 is 11.2 Å². The molecule has 5 N–H and O–H groups in total. The molecule has 0 bridgehead atoms. The highest BCUT2D eigenvalue weighted by Crippen LogP contribution is 2.38. The second-order valence-corrected chi connectivity index (χ2v) is 9.20. The molecule has 0 spiro atoms. The molecule has 2 rings (SSSR count). The number of aliphatic hydroxyl groups is 1. The van der Waals surface area contributed by atoms with Gasteiger partial charge in [-0.25, -0.2) is 9.36 Å². The predicted octanol–water partition coefficient (Wildman–Crippen LogP) is 1.81. The summed E-state index contributed by atoms with van der Waals surface area (Å²) in [5, 5.41) is 18.1. The molecule has 0 radical (unpaired) electrons. The molecule has 0 aliphatic carbocycles. The average molecular weight is 494 g/mol. The summed E-state index contributed by atoms with van der Waals surface area (Å²) in [6.45, 7) is 3.19.